The highest BCUT2D eigenvalue weighted by Crippen LogP contribution is 2.23. The summed E-state index contributed by atoms with van der Waals surface area (Å²) in [5, 5.41) is 2.94. The van der Waals surface area contributed by atoms with E-state index < -0.39 is 9.84 Å². The SMILES string of the molecule is CC(NC(=O)c1ccc(Cl)c(S(C)(=O)=O)c1)c1ccccc1. The van der Waals surface area contributed by atoms with Crippen molar-refractivity contribution in [3.8, 4) is 0 Å². The van der Waals surface area contributed by atoms with E-state index >= 15 is 0 Å². The molecule has 0 spiro atoms. The van der Waals surface area contributed by atoms with E-state index in [2.05, 4.69) is 5.32 Å². The molecular weight excluding hydrogens is 322 g/mol. The van der Waals surface area contributed by atoms with Crippen molar-refractivity contribution in [1.82, 2.24) is 5.32 Å². The molecule has 0 radical (unpaired) electrons. The average Bonchev–Trinajstić information content (AvgIpc) is 2.47. The Labute approximate surface area is 135 Å². The molecule has 0 saturated carbocycles. The highest BCUT2D eigenvalue weighted by molar-refractivity contribution is 7.90. The maximum Gasteiger partial charge on any atom is 0.251 e. The van der Waals surface area contributed by atoms with Gasteiger partial charge in [-0.05, 0) is 30.7 Å². The van der Waals surface area contributed by atoms with Crippen molar-refractivity contribution in [2.45, 2.75) is 17.9 Å². The molecule has 22 heavy (non-hydrogen) atoms. The van der Waals surface area contributed by atoms with E-state index in [4.69, 9.17) is 11.6 Å². The summed E-state index contributed by atoms with van der Waals surface area (Å²) in [7, 11) is -3.48. The Balaban J connectivity index is 2.24. The van der Waals surface area contributed by atoms with Gasteiger partial charge in [0.15, 0.2) is 9.84 Å². The van der Waals surface area contributed by atoms with Gasteiger partial charge in [0, 0.05) is 11.8 Å². The quantitative estimate of drug-likeness (QED) is 0.931. The fraction of sp³-hybridized carbons (Fsp3) is 0.188. The Bertz CT molecular complexity index is 788. The van der Waals surface area contributed by atoms with Crippen LogP contribution in [0.1, 0.15) is 28.9 Å². The number of amides is 1. The van der Waals surface area contributed by atoms with Gasteiger partial charge in [0.1, 0.15) is 0 Å². The molecule has 0 bridgehead atoms. The molecule has 0 saturated heterocycles. The van der Waals surface area contributed by atoms with Crippen molar-refractivity contribution < 1.29 is 13.2 Å². The van der Waals surface area contributed by atoms with Crippen LogP contribution in [-0.2, 0) is 9.84 Å². The predicted molar refractivity (Wildman–Crippen MR) is 86.9 cm³/mol. The Hall–Kier alpha value is -1.85. The third kappa shape index (κ3) is 3.87. The van der Waals surface area contributed by atoms with Crippen LogP contribution in [0.25, 0.3) is 0 Å². The summed E-state index contributed by atoms with van der Waals surface area (Å²) in [5.74, 6) is -0.349. The van der Waals surface area contributed by atoms with Crippen molar-refractivity contribution >= 4 is 27.3 Å². The number of hydrogen-bond donors (Lipinski definition) is 1. The molecule has 0 fully saturated rings. The van der Waals surface area contributed by atoms with Gasteiger partial charge in [0.2, 0.25) is 0 Å². The lowest BCUT2D eigenvalue weighted by Gasteiger charge is -2.15. The first kappa shape index (κ1) is 16.5. The highest BCUT2D eigenvalue weighted by atomic mass is 35.5. The predicted octanol–water partition coefficient (Wildman–Crippen LogP) is 3.23. The van der Waals surface area contributed by atoms with Crippen LogP contribution in [-0.4, -0.2) is 20.6 Å². The average molecular weight is 338 g/mol. The molecule has 1 N–H and O–H groups in total. The summed E-state index contributed by atoms with van der Waals surface area (Å²) in [4.78, 5) is 12.2. The van der Waals surface area contributed by atoms with Gasteiger partial charge in [-0.25, -0.2) is 8.42 Å². The molecule has 0 aliphatic rings. The van der Waals surface area contributed by atoms with E-state index in [-0.39, 0.29) is 27.4 Å². The fourth-order valence-electron chi connectivity index (χ4n) is 2.03. The number of nitrogens with one attached hydrogen (secondary N) is 1. The zero-order chi connectivity index (χ0) is 16.3. The van der Waals surface area contributed by atoms with E-state index in [1.165, 1.54) is 18.2 Å². The van der Waals surface area contributed by atoms with Crippen LogP contribution in [0.3, 0.4) is 0 Å². The lowest BCUT2D eigenvalue weighted by molar-refractivity contribution is 0.0939. The van der Waals surface area contributed by atoms with Crippen LogP contribution >= 0.6 is 11.6 Å². The molecule has 1 amide bonds. The Kier molecular flexibility index (Phi) is 4.88. The number of benzene rings is 2. The van der Waals surface area contributed by atoms with Crippen molar-refractivity contribution in [2.75, 3.05) is 6.26 Å². The molecule has 0 aromatic heterocycles. The number of hydrogen-bond acceptors (Lipinski definition) is 3. The van der Waals surface area contributed by atoms with Crippen LogP contribution in [0.5, 0.6) is 0 Å². The molecule has 4 nitrogen and oxygen atoms in total. The topological polar surface area (TPSA) is 63.2 Å². The van der Waals surface area contributed by atoms with E-state index in [1.807, 2.05) is 37.3 Å². The lowest BCUT2D eigenvalue weighted by Crippen LogP contribution is -2.26. The summed E-state index contributed by atoms with van der Waals surface area (Å²) < 4.78 is 23.3. The number of carbonyl (C=O) groups is 1. The molecule has 0 aliphatic heterocycles. The first-order chi connectivity index (χ1) is 10.3. The smallest absolute Gasteiger partial charge is 0.251 e. The number of rotatable bonds is 4. The van der Waals surface area contributed by atoms with E-state index in [0.717, 1.165) is 11.8 Å². The summed E-state index contributed by atoms with van der Waals surface area (Å²) in [6, 6.07) is 13.5. The van der Waals surface area contributed by atoms with Crippen LogP contribution in [0, 0.1) is 0 Å². The van der Waals surface area contributed by atoms with Gasteiger partial charge in [-0.1, -0.05) is 41.9 Å². The minimum absolute atomic E-state index is 0.0471. The molecule has 2 aromatic rings. The van der Waals surface area contributed by atoms with E-state index in [9.17, 15) is 13.2 Å². The molecule has 116 valence electrons. The Morgan fingerprint density at radius 1 is 1.14 bits per heavy atom. The number of halogens is 1. The molecule has 1 atom stereocenters. The van der Waals surface area contributed by atoms with Gasteiger partial charge < -0.3 is 5.32 Å². The fourth-order valence-corrected chi connectivity index (χ4v) is 3.34. The molecule has 0 aliphatic carbocycles. The van der Waals surface area contributed by atoms with Gasteiger partial charge in [-0.15, -0.1) is 0 Å². The van der Waals surface area contributed by atoms with Gasteiger partial charge in [-0.2, -0.15) is 0 Å². The molecule has 2 rings (SSSR count). The monoisotopic (exact) mass is 337 g/mol. The van der Waals surface area contributed by atoms with E-state index in [0.29, 0.717) is 0 Å². The third-order valence-corrected chi connectivity index (χ3v) is 4.82. The number of sulfone groups is 1. The van der Waals surface area contributed by atoms with Crippen LogP contribution < -0.4 is 5.32 Å². The van der Waals surface area contributed by atoms with Gasteiger partial charge >= 0.3 is 0 Å². The van der Waals surface area contributed by atoms with Crippen LogP contribution in [0.2, 0.25) is 5.02 Å². The normalized spacial score (nSPS) is 12.7. The van der Waals surface area contributed by atoms with Crippen molar-refractivity contribution in [3.63, 3.8) is 0 Å². The second-order valence-corrected chi connectivity index (χ2v) is 7.41. The molecule has 2 aromatic carbocycles. The maximum atomic E-state index is 12.3. The minimum atomic E-state index is -3.48. The summed E-state index contributed by atoms with van der Waals surface area (Å²) in [5.41, 5.74) is 1.22. The lowest BCUT2D eigenvalue weighted by atomic mass is 10.1. The van der Waals surface area contributed by atoms with Crippen LogP contribution in [0.15, 0.2) is 53.4 Å². The largest absolute Gasteiger partial charge is 0.346 e. The zero-order valence-corrected chi connectivity index (χ0v) is 13.8. The first-order valence-electron chi connectivity index (χ1n) is 6.64. The molecule has 6 heteroatoms. The summed E-state index contributed by atoms with van der Waals surface area (Å²) in [6.07, 6.45) is 1.06. The maximum absolute atomic E-state index is 12.3. The highest BCUT2D eigenvalue weighted by Gasteiger charge is 2.17. The summed E-state index contributed by atoms with van der Waals surface area (Å²) in [6.45, 7) is 1.86. The number of carbonyl (C=O) groups excluding carboxylic acids is 1. The van der Waals surface area contributed by atoms with Crippen molar-refractivity contribution in [1.29, 1.82) is 0 Å². The van der Waals surface area contributed by atoms with Crippen molar-refractivity contribution in [2.24, 2.45) is 0 Å². The second kappa shape index (κ2) is 6.50. The molecular formula is C16H16ClNO3S. The third-order valence-electron chi connectivity index (χ3n) is 3.24. The van der Waals surface area contributed by atoms with Crippen molar-refractivity contribution in [3.05, 3.63) is 64.7 Å². The van der Waals surface area contributed by atoms with Gasteiger partial charge in [-0.3, -0.25) is 4.79 Å². The molecule has 1 unspecified atom stereocenters. The van der Waals surface area contributed by atoms with Gasteiger partial charge in [0.25, 0.3) is 5.91 Å². The Morgan fingerprint density at radius 2 is 1.77 bits per heavy atom. The van der Waals surface area contributed by atoms with Crippen LogP contribution in [0.4, 0.5) is 0 Å². The standard InChI is InChI=1S/C16H16ClNO3S/c1-11(12-6-4-3-5-7-12)18-16(19)13-8-9-14(17)15(10-13)22(2,20)21/h3-11H,1-2H3,(H,18,19). The molecule has 0 heterocycles. The zero-order valence-electron chi connectivity index (χ0n) is 12.2. The summed E-state index contributed by atoms with van der Waals surface area (Å²) >= 11 is 5.88. The Morgan fingerprint density at radius 3 is 2.36 bits per heavy atom. The van der Waals surface area contributed by atoms with E-state index in [1.54, 1.807) is 0 Å². The van der Waals surface area contributed by atoms with Gasteiger partial charge in [0.05, 0.1) is 16.0 Å². The first-order valence-corrected chi connectivity index (χ1v) is 8.91. The second-order valence-electron chi connectivity index (χ2n) is 5.02. The minimum Gasteiger partial charge on any atom is -0.346 e.